The van der Waals surface area contributed by atoms with Crippen LogP contribution in [0.15, 0.2) is 27.6 Å². The van der Waals surface area contributed by atoms with Gasteiger partial charge in [0.05, 0.1) is 18.0 Å². The maximum Gasteiger partial charge on any atom is 0.219 e. The highest BCUT2D eigenvalue weighted by Crippen LogP contribution is 2.19. The Bertz CT molecular complexity index is 474. The van der Waals surface area contributed by atoms with Crippen molar-refractivity contribution in [3.05, 3.63) is 34.5 Å². The highest BCUT2D eigenvalue weighted by molar-refractivity contribution is 9.10. The molecule has 0 unspecified atom stereocenters. The summed E-state index contributed by atoms with van der Waals surface area (Å²) in [6.45, 7) is 0. The van der Waals surface area contributed by atoms with E-state index in [0.29, 0.717) is 15.9 Å². The molecule has 0 spiro atoms. The van der Waals surface area contributed by atoms with Gasteiger partial charge in [-0.1, -0.05) is 0 Å². The second-order valence-corrected chi connectivity index (χ2v) is 3.38. The molecule has 0 aliphatic heterocycles. The highest BCUT2D eigenvalue weighted by atomic mass is 79.9. The van der Waals surface area contributed by atoms with E-state index >= 15 is 0 Å². The molecule has 2 heterocycles. The molecule has 2 rings (SSSR count). The van der Waals surface area contributed by atoms with Crippen molar-refractivity contribution < 1.29 is 9.21 Å². The van der Waals surface area contributed by atoms with Gasteiger partial charge in [0.1, 0.15) is 0 Å². The van der Waals surface area contributed by atoms with Crippen LogP contribution >= 0.6 is 15.9 Å². The van der Waals surface area contributed by atoms with Gasteiger partial charge in [-0.25, -0.2) is 0 Å². The number of furan rings is 1. The monoisotopic (exact) mass is 255 g/mol. The zero-order chi connectivity index (χ0) is 10.1. The van der Waals surface area contributed by atoms with Crippen LogP contribution in [0, 0.1) is 0 Å². The molecule has 72 valence electrons. The lowest BCUT2D eigenvalue weighted by atomic mass is 10.2. The van der Waals surface area contributed by atoms with E-state index in [4.69, 9.17) is 4.42 Å². The van der Waals surface area contributed by atoms with Gasteiger partial charge in [-0.2, -0.15) is 15.0 Å². The van der Waals surface area contributed by atoms with E-state index in [0.717, 1.165) is 0 Å². The largest absolute Gasteiger partial charge is 0.457 e. The van der Waals surface area contributed by atoms with Crippen LogP contribution in [0.3, 0.4) is 0 Å². The van der Waals surface area contributed by atoms with E-state index in [9.17, 15) is 4.79 Å². The summed E-state index contributed by atoms with van der Waals surface area (Å²) in [6.07, 6.45) is 2.86. The van der Waals surface area contributed by atoms with Gasteiger partial charge in [-0.05, 0) is 22.0 Å². The van der Waals surface area contributed by atoms with Gasteiger partial charge in [0.15, 0.2) is 10.4 Å². The Morgan fingerprint density at radius 1 is 1.64 bits per heavy atom. The molecule has 2 aromatic rings. The zero-order valence-electron chi connectivity index (χ0n) is 7.27. The van der Waals surface area contributed by atoms with Gasteiger partial charge >= 0.3 is 0 Å². The van der Waals surface area contributed by atoms with Crippen molar-refractivity contribution >= 4 is 21.7 Å². The SMILES string of the molecule is Cn1ncc(C(=O)c2ccoc2Br)n1. The molecule has 0 aromatic carbocycles. The van der Waals surface area contributed by atoms with Crippen LogP contribution in [0.1, 0.15) is 16.1 Å². The van der Waals surface area contributed by atoms with E-state index in [1.807, 2.05) is 0 Å². The lowest BCUT2D eigenvalue weighted by molar-refractivity contribution is 0.103. The minimum absolute atomic E-state index is 0.210. The zero-order valence-corrected chi connectivity index (χ0v) is 8.85. The van der Waals surface area contributed by atoms with Gasteiger partial charge in [-0.3, -0.25) is 4.79 Å². The summed E-state index contributed by atoms with van der Waals surface area (Å²) in [5.41, 5.74) is 0.750. The fourth-order valence-electron chi connectivity index (χ4n) is 1.04. The van der Waals surface area contributed by atoms with Crippen LogP contribution < -0.4 is 0 Å². The van der Waals surface area contributed by atoms with Crippen LogP contribution in [0.4, 0.5) is 0 Å². The lowest BCUT2D eigenvalue weighted by Crippen LogP contribution is -2.02. The average molecular weight is 256 g/mol. The Kier molecular flexibility index (Phi) is 2.20. The molecule has 0 aliphatic carbocycles. The van der Waals surface area contributed by atoms with E-state index in [1.54, 1.807) is 13.1 Å². The summed E-state index contributed by atoms with van der Waals surface area (Å²) in [7, 11) is 1.65. The second kappa shape index (κ2) is 3.38. The van der Waals surface area contributed by atoms with Gasteiger partial charge in [0, 0.05) is 7.05 Å². The molecule has 2 aromatic heterocycles. The van der Waals surface area contributed by atoms with E-state index < -0.39 is 0 Å². The second-order valence-electron chi connectivity index (χ2n) is 2.66. The van der Waals surface area contributed by atoms with Crippen molar-refractivity contribution in [1.29, 1.82) is 0 Å². The van der Waals surface area contributed by atoms with Crippen LogP contribution in [0.2, 0.25) is 0 Å². The third kappa shape index (κ3) is 1.48. The van der Waals surface area contributed by atoms with Crippen LogP contribution in [0.5, 0.6) is 0 Å². The number of nitrogens with zero attached hydrogens (tertiary/aromatic N) is 3. The number of ketones is 1. The van der Waals surface area contributed by atoms with Crippen LogP contribution in [0.25, 0.3) is 0 Å². The molecule has 0 bridgehead atoms. The quantitative estimate of drug-likeness (QED) is 0.762. The first-order valence-corrected chi connectivity index (χ1v) is 4.62. The average Bonchev–Trinajstić information content (AvgIpc) is 2.73. The minimum Gasteiger partial charge on any atom is -0.457 e. The molecule has 0 saturated carbocycles. The summed E-state index contributed by atoms with van der Waals surface area (Å²) in [5, 5.41) is 7.72. The maximum atomic E-state index is 11.7. The molecule has 0 atom stereocenters. The third-order valence-corrected chi connectivity index (χ3v) is 2.31. The molecule has 0 N–H and O–H groups in total. The fourth-order valence-corrected chi connectivity index (χ4v) is 1.46. The highest BCUT2D eigenvalue weighted by Gasteiger charge is 2.17. The first-order chi connectivity index (χ1) is 6.68. The van der Waals surface area contributed by atoms with E-state index in [-0.39, 0.29) is 5.78 Å². The summed E-state index contributed by atoms with van der Waals surface area (Å²) in [6, 6.07) is 1.58. The topological polar surface area (TPSA) is 60.9 Å². The molecular weight excluding hydrogens is 250 g/mol. The van der Waals surface area contributed by atoms with Crippen LogP contribution in [-0.4, -0.2) is 20.8 Å². The Morgan fingerprint density at radius 3 is 2.93 bits per heavy atom. The van der Waals surface area contributed by atoms with Gasteiger partial charge in [0.25, 0.3) is 0 Å². The van der Waals surface area contributed by atoms with Crippen molar-refractivity contribution in [3.63, 3.8) is 0 Å². The Balaban J connectivity index is 2.38. The van der Waals surface area contributed by atoms with Crippen molar-refractivity contribution in [3.8, 4) is 0 Å². The predicted octanol–water partition coefficient (Wildman–Crippen LogP) is 1.40. The lowest BCUT2D eigenvalue weighted by Gasteiger charge is -1.91. The molecule has 0 radical (unpaired) electrons. The van der Waals surface area contributed by atoms with E-state index in [2.05, 4.69) is 26.1 Å². The van der Waals surface area contributed by atoms with Gasteiger partial charge in [0.2, 0.25) is 5.78 Å². The third-order valence-electron chi connectivity index (χ3n) is 1.69. The molecule has 0 saturated heterocycles. The summed E-state index contributed by atoms with van der Waals surface area (Å²) in [5.74, 6) is -0.210. The number of aromatic nitrogens is 3. The number of carbonyl (C=O) groups is 1. The number of carbonyl (C=O) groups excluding carboxylic acids is 1. The van der Waals surface area contributed by atoms with Crippen molar-refractivity contribution in [2.45, 2.75) is 0 Å². The van der Waals surface area contributed by atoms with Gasteiger partial charge < -0.3 is 4.42 Å². The molecule has 14 heavy (non-hydrogen) atoms. The number of hydrogen-bond acceptors (Lipinski definition) is 4. The standard InChI is InChI=1S/C8H6BrN3O2/c1-12-10-4-6(11-12)7(13)5-2-3-14-8(5)9/h2-4H,1H3. The summed E-state index contributed by atoms with van der Waals surface area (Å²) in [4.78, 5) is 13.1. The van der Waals surface area contributed by atoms with Crippen molar-refractivity contribution in [2.75, 3.05) is 0 Å². The van der Waals surface area contributed by atoms with Crippen LogP contribution in [-0.2, 0) is 7.05 Å². The fraction of sp³-hybridized carbons (Fsp3) is 0.125. The normalized spacial score (nSPS) is 10.4. The molecule has 6 heteroatoms. The molecular formula is C8H6BrN3O2. The number of rotatable bonds is 2. The summed E-state index contributed by atoms with van der Waals surface area (Å²) >= 11 is 3.13. The number of hydrogen-bond donors (Lipinski definition) is 0. The predicted molar refractivity (Wildman–Crippen MR) is 50.8 cm³/mol. The smallest absolute Gasteiger partial charge is 0.219 e. The molecule has 0 fully saturated rings. The molecule has 0 aliphatic rings. The molecule has 0 amide bonds. The summed E-state index contributed by atoms with van der Waals surface area (Å²) < 4.78 is 5.37. The van der Waals surface area contributed by atoms with E-state index in [1.165, 1.54) is 17.3 Å². The minimum atomic E-state index is -0.210. The molecule has 5 nitrogen and oxygen atoms in total. The maximum absolute atomic E-state index is 11.7. The Labute approximate surface area is 87.8 Å². The number of aryl methyl sites for hydroxylation is 1. The van der Waals surface area contributed by atoms with Crippen molar-refractivity contribution in [1.82, 2.24) is 15.0 Å². The first kappa shape index (κ1) is 9.14. The van der Waals surface area contributed by atoms with Crippen molar-refractivity contribution in [2.24, 2.45) is 7.05 Å². The first-order valence-electron chi connectivity index (χ1n) is 3.82. The van der Waals surface area contributed by atoms with Gasteiger partial charge in [-0.15, -0.1) is 0 Å². The Hall–Kier alpha value is -1.43. The Morgan fingerprint density at radius 2 is 2.43 bits per heavy atom. The number of halogens is 1.